The van der Waals surface area contributed by atoms with Crippen molar-refractivity contribution >= 4 is 21.9 Å². The molecule has 4 rings (SSSR count). The Morgan fingerprint density at radius 3 is 2.38 bits per heavy atom. The van der Waals surface area contributed by atoms with Gasteiger partial charge in [0.2, 0.25) is 0 Å². The molecule has 2 nitrogen and oxygen atoms in total. The summed E-state index contributed by atoms with van der Waals surface area (Å²) in [7, 11) is 0. The lowest BCUT2D eigenvalue weighted by Gasteiger charge is -2.19. The third kappa shape index (κ3) is 2.44. The van der Waals surface area contributed by atoms with Crippen LogP contribution in [0.3, 0.4) is 0 Å². The predicted octanol–water partition coefficient (Wildman–Crippen LogP) is 6.23. The molecule has 0 aliphatic heterocycles. The third-order valence-electron chi connectivity index (χ3n) is 4.38. The standard InChI is InChI=1S/C22H20NO/c1-22(2,3)18-14-20(15-8-5-4-6-9-15)24-21-16(18)11-12-19-17(21)10-7-13-23-19/h4-14H,1-3H3/q+1. The molecule has 0 N–H and O–H groups in total. The van der Waals surface area contributed by atoms with E-state index in [0.29, 0.717) is 0 Å². The van der Waals surface area contributed by atoms with Crippen LogP contribution in [0.4, 0.5) is 0 Å². The third-order valence-corrected chi connectivity index (χ3v) is 4.38. The molecule has 24 heavy (non-hydrogen) atoms. The fourth-order valence-electron chi connectivity index (χ4n) is 3.16. The molecule has 2 aromatic heterocycles. The largest absolute Gasteiger partial charge is 0.370 e. The predicted molar refractivity (Wildman–Crippen MR) is 100 cm³/mol. The van der Waals surface area contributed by atoms with Gasteiger partial charge >= 0.3 is 11.3 Å². The van der Waals surface area contributed by atoms with Crippen molar-refractivity contribution in [3.63, 3.8) is 0 Å². The topological polar surface area (TPSA) is 24.2 Å². The molecule has 2 heteroatoms. The molecule has 0 aliphatic carbocycles. The van der Waals surface area contributed by atoms with E-state index in [1.165, 1.54) is 5.56 Å². The van der Waals surface area contributed by atoms with Gasteiger partial charge in [-0.15, -0.1) is 0 Å². The van der Waals surface area contributed by atoms with Crippen molar-refractivity contribution in [2.45, 2.75) is 26.2 Å². The molecular formula is C22H20NO+. The van der Waals surface area contributed by atoms with Gasteiger partial charge in [0.05, 0.1) is 16.5 Å². The highest BCUT2D eigenvalue weighted by Crippen LogP contribution is 2.37. The molecule has 118 valence electrons. The Balaban J connectivity index is 2.14. The molecule has 0 saturated heterocycles. The normalized spacial score (nSPS) is 12.0. The minimum absolute atomic E-state index is 0.0223. The summed E-state index contributed by atoms with van der Waals surface area (Å²) in [4.78, 5) is 4.47. The van der Waals surface area contributed by atoms with Gasteiger partial charge in [-0.25, -0.2) is 4.42 Å². The van der Waals surface area contributed by atoms with E-state index < -0.39 is 0 Å². The van der Waals surface area contributed by atoms with Crippen LogP contribution in [0, 0.1) is 0 Å². The van der Waals surface area contributed by atoms with Crippen molar-refractivity contribution in [2.75, 3.05) is 0 Å². The van der Waals surface area contributed by atoms with E-state index in [1.807, 2.05) is 30.5 Å². The second-order valence-corrected chi connectivity index (χ2v) is 7.15. The van der Waals surface area contributed by atoms with Crippen LogP contribution < -0.4 is 0 Å². The summed E-state index contributed by atoms with van der Waals surface area (Å²) in [5.74, 6) is 0.893. The van der Waals surface area contributed by atoms with Gasteiger partial charge in [-0.2, -0.15) is 0 Å². The monoisotopic (exact) mass is 314 g/mol. The Morgan fingerprint density at radius 2 is 1.62 bits per heavy atom. The Bertz CT molecular complexity index is 1030. The Kier molecular flexibility index (Phi) is 3.34. The zero-order valence-corrected chi connectivity index (χ0v) is 14.2. The van der Waals surface area contributed by atoms with E-state index in [0.717, 1.165) is 33.2 Å². The summed E-state index contributed by atoms with van der Waals surface area (Å²) in [6.07, 6.45) is 1.82. The maximum Gasteiger partial charge on any atom is 0.370 e. The number of fused-ring (bicyclic) bond motifs is 3. The quantitative estimate of drug-likeness (QED) is 0.307. The number of hydrogen-bond acceptors (Lipinski definition) is 1. The molecule has 0 radical (unpaired) electrons. The van der Waals surface area contributed by atoms with Crippen LogP contribution in [0.25, 0.3) is 33.2 Å². The van der Waals surface area contributed by atoms with Gasteiger partial charge in [-0.3, -0.25) is 4.98 Å². The number of pyridine rings is 1. The molecule has 0 bridgehead atoms. The summed E-state index contributed by atoms with van der Waals surface area (Å²) >= 11 is 0. The van der Waals surface area contributed by atoms with Crippen LogP contribution in [-0.2, 0) is 5.41 Å². The number of aromatic nitrogens is 1. The minimum atomic E-state index is 0.0223. The zero-order chi connectivity index (χ0) is 16.7. The smallest absolute Gasteiger partial charge is 0.256 e. The molecule has 2 heterocycles. The van der Waals surface area contributed by atoms with Gasteiger partial charge in [-0.05, 0) is 47.4 Å². The second-order valence-electron chi connectivity index (χ2n) is 7.15. The van der Waals surface area contributed by atoms with Crippen LogP contribution >= 0.6 is 0 Å². The first kappa shape index (κ1) is 14.8. The van der Waals surface area contributed by atoms with Crippen molar-refractivity contribution < 1.29 is 4.42 Å². The minimum Gasteiger partial charge on any atom is -0.256 e. The van der Waals surface area contributed by atoms with Gasteiger partial charge in [0.1, 0.15) is 5.39 Å². The lowest BCUT2D eigenvalue weighted by molar-refractivity contribution is 0.576. The lowest BCUT2D eigenvalue weighted by atomic mass is 9.84. The molecule has 0 amide bonds. The van der Waals surface area contributed by atoms with Crippen LogP contribution in [0.1, 0.15) is 26.3 Å². The number of hydrogen-bond donors (Lipinski definition) is 0. The van der Waals surface area contributed by atoms with Crippen LogP contribution in [0.15, 0.2) is 71.3 Å². The summed E-state index contributed by atoms with van der Waals surface area (Å²) in [6.45, 7) is 6.72. The second kappa shape index (κ2) is 5.41. The van der Waals surface area contributed by atoms with Crippen LogP contribution in [0.5, 0.6) is 0 Å². The van der Waals surface area contributed by atoms with E-state index in [4.69, 9.17) is 4.42 Å². The van der Waals surface area contributed by atoms with Crippen molar-refractivity contribution in [1.82, 2.24) is 4.98 Å². The lowest BCUT2D eigenvalue weighted by Crippen LogP contribution is -2.12. The zero-order valence-electron chi connectivity index (χ0n) is 14.2. The van der Waals surface area contributed by atoms with E-state index >= 15 is 0 Å². The molecule has 0 aliphatic rings. The van der Waals surface area contributed by atoms with Crippen molar-refractivity contribution in [2.24, 2.45) is 0 Å². The number of benzene rings is 2. The van der Waals surface area contributed by atoms with E-state index in [9.17, 15) is 0 Å². The van der Waals surface area contributed by atoms with E-state index in [-0.39, 0.29) is 5.41 Å². The van der Waals surface area contributed by atoms with Gasteiger partial charge in [0.15, 0.2) is 0 Å². The van der Waals surface area contributed by atoms with Crippen LogP contribution in [0.2, 0.25) is 0 Å². The number of nitrogens with zero attached hydrogens (tertiary/aromatic N) is 1. The molecule has 0 saturated carbocycles. The molecular weight excluding hydrogens is 294 g/mol. The van der Waals surface area contributed by atoms with E-state index in [1.54, 1.807) is 0 Å². The highest BCUT2D eigenvalue weighted by atomic mass is 16.3. The molecule has 2 aromatic carbocycles. The van der Waals surface area contributed by atoms with Gasteiger partial charge in [0, 0.05) is 12.3 Å². The molecule has 0 atom stereocenters. The molecule has 4 aromatic rings. The Hall–Kier alpha value is -2.74. The first-order chi connectivity index (χ1) is 11.5. The summed E-state index contributed by atoms with van der Waals surface area (Å²) < 4.78 is 6.36. The Morgan fingerprint density at radius 1 is 0.833 bits per heavy atom. The summed E-state index contributed by atoms with van der Waals surface area (Å²) in [5, 5.41) is 2.21. The number of rotatable bonds is 1. The fourth-order valence-corrected chi connectivity index (χ4v) is 3.16. The average Bonchev–Trinajstić information content (AvgIpc) is 2.60. The van der Waals surface area contributed by atoms with Gasteiger partial charge < -0.3 is 0 Å². The summed E-state index contributed by atoms with van der Waals surface area (Å²) in [6, 6.07) is 20.7. The first-order valence-corrected chi connectivity index (χ1v) is 8.24. The SMILES string of the molecule is CC(C)(C)c1cc(-c2ccccc2)[o+]c2c1ccc1ncccc12. The maximum absolute atomic E-state index is 6.36. The highest BCUT2D eigenvalue weighted by molar-refractivity contribution is 6.04. The van der Waals surface area contributed by atoms with E-state index in [2.05, 4.69) is 62.2 Å². The summed E-state index contributed by atoms with van der Waals surface area (Å²) in [5.41, 5.74) is 4.26. The van der Waals surface area contributed by atoms with Crippen molar-refractivity contribution in [3.05, 3.63) is 72.4 Å². The van der Waals surface area contributed by atoms with Gasteiger partial charge in [-0.1, -0.05) is 39.0 Å². The average molecular weight is 314 g/mol. The fraction of sp³-hybridized carbons (Fsp3) is 0.182. The molecule has 0 fully saturated rings. The molecule has 0 unspecified atom stereocenters. The van der Waals surface area contributed by atoms with Crippen molar-refractivity contribution in [3.8, 4) is 11.3 Å². The first-order valence-electron chi connectivity index (χ1n) is 8.24. The van der Waals surface area contributed by atoms with Crippen molar-refractivity contribution in [1.29, 1.82) is 0 Å². The Labute approximate surface area is 141 Å². The highest BCUT2D eigenvalue weighted by Gasteiger charge is 2.27. The van der Waals surface area contributed by atoms with Gasteiger partial charge in [0.25, 0.3) is 0 Å². The maximum atomic E-state index is 6.36. The molecule has 0 spiro atoms. The van der Waals surface area contributed by atoms with Crippen LogP contribution in [-0.4, -0.2) is 4.98 Å².